The van der Waals surface area contributed by atoms with Crippen LogP contribution in [0.25, 0.3) is 0 Å². The first-order valence-electron chi connectivity index (χ1n) is 6.49. The van der Waals surface area contributed by atoms with Crippen LogP contribution in [0.2, 0.25) is 0 Å². The first-order valence-corrected chi connectivity index (χ1v) is 6.49. The Morgan fingerprint density at radius 3 is 2.18 bits per heavy atom. The summed E-state index contributed by atoms with van der Waals surface area (Å²) in [6, 6.07) is 0.877. The summed E-state index contributed by atoms with van der Waals surface area (Å²) in [6.07, 6.45) is 1.31. The number of rotatable bonds is 3. The number of likely N-dealkylation sites (N-methyl/N-ethyl adjacent to an activating group) is 1. The van der Waals surface area contributed by atoms with Crippen LogP contribution in [-0.4, -0.2) is 53.5 Å². The second-order valence-electron chi connectivity index (χ2n) is 6.15. The molecule has 0 radical (unpaired) electrons. The smallest absolute Gasteiger partial charge is 0.222 e. The maximum Gasteiger partial charge on any atom is 0.222 e. The summed E-state index contributed by atoms with van der Waals surface area (Å²) in [6.45, 7) is 9.95. The van der Waals surface area contributed by atoms with Crippen molar-refractivity contribution in [2.75, 3.05) is 20.1 Å². The fourth-order valence-corrected chi connectivity index (χ4v) is 2.20. The van der Waals surface area contributed by atoms with E-state index in [0.29, 0.717) is 18.5 Å². The van der Waals surface area contributed by atoms with Gasteiger partial charge in [0, 0.05) is 37.1 Å². The van der Waals surface area contributed by atoms with Crippen molar-refractivity contribution >= 4 is 5.91 Å². The molecule has 1 heterocycles. The van der Waals surface area contributed by atoms with Crippen LogP contribution in [0.3, 0.4) is 0 Å². The SMILES string of the molecule is CC1CN(C(=O)CCC(C)(C)N)CC(C)N1C. The zero-order valence-corrected chi connectivity index (χ0v) is 11.9. The van der Waals surface area contributed by atoms with Gasteiger partial charge in [0.1, 0.15) is 0 Å². The van der Waals surface area contributed by atoms with Crippen LogP contribution in [0.15, 0.2) is 0 Å². The van der Waals surface area contributed by atoms with Crippen LogP contribution in [0.5, 0.6) is 0 Å². The molecular formula is C13H27N3O. The van der Waals surface area contributed by atoms with E-state index in [1.807, 2.05) is 18.7 Å². The summed E-state index contributed by atoms with van der Waals surface area (Å²) >= 11 is 0. The minimum atomic E-state index is -0.251. The predicted octanol–water partition coefficient (Wildman–Crippen LogP) is 1.05. The van der Waals surface area contributed by atoms with Gasteiger partial charge in [0.05, 0.1) is 0 Å². The molecule has 4 heteroatoms. The third-order valence-electron chi connectivity index (χ3n) is 3.70. The highest BCUT2D eigenvalue weighted by atomic mass is 16.2. The quantitative estimate of drug-likeness (QED) is 0.803. The molecule has 2 N–H and O–H groups in total. The van der Waals surface area contributed by atoms with Gasteiger partial charge in [-0.05, 0) is 41.2 Å². The summed E-state index contributed by atoms with van der Waals surface area (Å²) in [5.74, 6) is 0.246. The number of hydrogen-bond acceptors (Lipinski definition) is 3. The van der Waals surface area contributed by atoms with Crippen LogP contribution in [-0.2, 0) is 4.79 Å². The van der Waals surface area contributed by atoms with Crippen molar-refractivity contribution in [2.24, 2.45) is 5.73 Å². The molecule has 1 amide bonds. The Bertz CT molecular complexity index is 260. The lowest BCUT2D eigenvalue weighted by molar-refractivity contribution is -0.135. The van der Waals surface area contributed by atoms with Crippen LogP contribution in [0.1, 0.15) is 40.5 Å². The van der Waals surface area contributed by atoms with Crippen LogP contribution in [0, 0.1) is 0 Å². The standard InChI is InChI=1S/C13H27N3O/c1-10-8-16(9-11(2)15(10)5)12(17)6-7-13(3,4)14/h10-11H,6-9,14H2,1-5H3. The summed E-state index contributed by atoms with van der Waals surface area (Å²) in [7, 11) is 2.13. The Hall–Kier alpha value is -0.610. The van der Waals surface area contributed by atoms with Crippen molar-refractivity contribution in [1.82, 2.24) is 9.80 Å². The molecule has 2 atom stereocenters. The molecule has 0 aromatic rings. The fraction of sp³-hybridized carbons (Fsp3) is 0.923. The van der Waals surface area contributed by atoms with Crippen LogP contribution in [0.4, 0.5) is 0 Å². The fourth-order valence-electron chi connectivity index (χ4n) is 2.20. The average Bonchev–Trinajstić information content (AvgIpc) is 2.20. The molecule has 0 bridgehead atoms. The van der Waals surface area contributed by atoms with Crippen molar-refractivity contribution in [3.8, 4) is 0 Å². The van der Waals surface area contributed by atoms with E-state index >= 15 is 0 Å². The molecule has 17 heavy (non-hydrogen) atoms. The number of nitrogens with two attached hydrogens (primary N) is 1. The highest BCUT2D eigenvalue weighted by Crippen LogP contribution is 2.16. The molecule has 1 rings (SSSR count). The van der Waals surface area contributed by atoms with Crippen LogP contribution >= 0.6 is 0 Å². The highest BCUT2D eigenvalue weighted by molar-refractivity contribution is 5.76. The minimum Gasteiger partial charge on any atom is -0.340 e. The lowest BCUT2D eigenvalue weighted by atomic mass is 9.99. The zero-order chi connectivity index (χ0) is 13.2. The maximum atomic E-state index is 12.1. The predicted molar refractivity (Wildman–Crippen MR) is 70.8 cm³/mol. The van der Waals surface area contributed by atoms with E-state index < -0.39 is 0 Å². The third-order valence-corrected chi connectivity index (χ3v) is 3.70. The van der Waals surface area contributed by atoms with E-state index in [1.54, 1.807) is 0 Å². The topological polar surface area (TPSA) is 49.6 Å². The van der Waals surface area contributed by atoms with Gasteiger partial charge in [-0.15, -0.1) is 0 Å². The monoisotopic (exact) mass is 241 g/mol. The summed E-state index contributed by atoms with van der Waals surface area (Å²) in [5.41, 5.74) is 5.66. The second-order valence-corrected chi connectivity index (χ2v) is 6.15. The zero-order valence-electron chi connectivity index (χ0n) is 11.9. The number of hydrogen-bond donors (Lipinski definition) is 1. The van der Waals surface area contributed by atoms with Crippen molar-refractivity contribution < 1.29 is 4.79 Å². The number of carbonyl (C=O) groups is 1. The molecule has 2 unspecified atom stereocenters. The highest BCUT2D eigenvalue weighted by Gasteiger charge is 2.29. The van der Waals surface area contributed by atoms with Crippen molar-refractivity contribution in [2.45, 2.75) is 58.2 Å². The van der Waals surface area contributed by atoms with Crippen molar-refractivity contribution in [3.63, 3.8) is 0 Å². The van der Waals surface area contributed by atoms with Gasteiger partial charge in [0.2, 0.25) is 5.91 Å². The average molecular weight is 241 g/mol. The van der Waals surface area contributed by atoms with Crippen molar-refractivity contribution in [3.05, 3.63) is 0 Å². The Morgan fingerprint density at radius 2 is 1.76 bits per heavy atom. The molecule has 1 fully saturated rings. The molecule has 0 aromatic heterocycles. The molecule has 1 saturated heterocycles. The Labute approximate surface area is 105 Å². The Morgan fingerprint density at radius 1 is 1.29 bits per heavy atom. The van der Waals surface area contributed by atoms with E-state index in [1.165, 1.54) is 0 Å². The summed E-state index contributed by atoms with van der Waals surface area (Å²) in [4.78, 5) is 16.4. The molecule has 4 nitrogen and oxygen atoms in total. The van der Waals surface area contributed by atoms with E-state index in [9.17, 15) is 4.79 Å². The van der Waals surface area contributed by atoms with Gasteiger partial charge < -0.3 is 10.6 Å². The maximum absolute atomic E-state index is 12.1. The molecule has 0 aromatic carbocycles. The number of carbonyl (C=O) groups excluding carboxylic acids is 1. The number of nitrogens with zero attached hydrogens (tertiary/aromatic N) is 2. The molecule has 100 valence electrons. The van der Waals surface area contributed by atoms with Gasteiger partial charge in [-0.2, -0.15) is 0 Å². The van der Waals surface area contributed by atoms with Gasteiger partial charge >= 0.3 is 0 Å². The van der Waals surface area contributed by atoms with Gasteiger partial charge in [0.15, 0.2) is 0 Å². The first kappa shape index (κ1) is 14.5. The van der Waals surface area contributed by atoms with E-state index in [-0.39, 0.29) is 11.4 Å². The van der Waals surface area contributed by atoms with Gasteiger partial charge in [0.25, 0.3) is 0 Å². The third kappa shape index (κ3) is 4.28. The number of piperazine rings is 1. The van der Waals surface area contributed by atoms with E-state index in [0.717, 1.165) is 19.5 Å². The normalized spacial score (nSPS) is 27.3. The molecule has 0 spiro atoms. The lowest BCUT2D eigenvalue weighted by Crippen LogP contribution is -2.56. The molecule has 0 saturated carbocycles. The van der Waals surface area contributed by atoms with Gasteiger partial charge in [-0.25, -0.2) is 0 Å². The minimum absolute atomic E-state index is 0.246. The Kier molecular flexibility index (Phi) is 4.55. The van der Waals surface area contributed by atoms with E-state index in [2.05, 4.69) is 25.8 Å². The first-order chi connectivity index (χ1) is 7.70. The van der Waals surface area contributed by atoms with E-state index in [4.69, 9.17) is 5.73 Å². The van der Waals surface area contributed by atoms with Crippen molar-refractivity contribution in [1.29, 1.82) is 0 Å². The summed E-state index contributed by atoms with van der Waals surface area (Å²) in [5, 5.41) is 0. The summed E-state index contributed by atoms with van der Waals surface area (Å²) < 4.78 is 0. The second kappa shape index (κ2) is 5.36. The lowest BCUT2D eigenvalue weighted by Gasteiger charge is -2.42. The molecule has 1 aliphatic heterocycles. The Balaban J connectivity index is 2.48. The van der Waals surface area contributed by atoms with Crippen LogP contribution < -0.4 is 5.73 Å². The molecule has 0 aliphatic carbocycles. The molecular weight excluding hydrogens is 214 g/mol. The van der Waals surface area contributed by atoms with Gasteiger partial charge in [-0.3, -0.25) is 9.69 Å². The van der Waals surface area contributed by atoms with Gasteiger partial charge in [-0.1, -0.05) is 0 Å². The molecule has 1 aliphatic rings. The number of amides is 1. The largest absolute Gasteiger partial charge is 0.340 e.